The van der Waals surface area contributed by atoms with Gasteiger partial charge in [0.15, 0.2) is 11.5 Å². The number of hydrogen-bond donors (Lipinski definition) is 1. The van der Waals surface area contributed by atoms with Gasteiger partial charge in [0.25, 0.3) is 0 Å². The van der Waals surface area contributed by atoms with Crippen LogP contribution >= 0.6 is 0 Å². The third kappa shape index (κ3) is 3.71. The lowest BCUT2D eigenvalue weighted by Crippen LogP contribution is -2.06. The van der Waals surface area contributed by atoms with E-state index in [1.54, 1.807) is 13.3 Å². The van der Waals surface area contributed by atoms with E-state index in [1.165, 1.54) is 0 Å². The molecule has 0 fully saturated rings. The highest BCUT2D eigenvalue weighted by atomic mass is 16.5. The van der Waals surface area contributed by atoms with E-state index in [0.717, 1.165) is 23.3 Å². The third-order valence-corrected chi connectivity index (χ3v) is 3.08. The summed E-state index contributed by atoms with van der Waals surface area (Å²) in [6, 6.07) is 9.73. The Morgan fingerprint density at radius 2 is 2.10 bits per heavy atom. The molecule has 1 aromatic heterocycles. The highest BCUT2D eigenvalue weighted by molar-refractivity contribution is 5.43. The summed E-state index contributed by atoms with van der Waals surface area (Å²) in [6.45, 7) is 2.53. The van der Waals surface area contributed by atoms with Crippen molar-refractivity contribution >= 4 is 0 Å². The van der Waals surface area contributed by atoms with Crippen LogP contribution in [0.3, 0.4) is 0 Å². The first kappa shape index (κ1) is 14.3. The van der Waals surface area contributed by atoms with Gasteiger partial charge in [0, 0.05) is 24.9 Å². The van der Waals surface area contributed by atoms with Gasteiger partial charge in [0.1, 0.15) is 0 Å². The molecule has 1 aromatic carbocycles. The number of pyridine rings is 1. The van der Waals surface area contributed by atoms with Crippen molar-refractivity contribution in [1.82, 2.24) is 4.98 Å². The van der Waals surface area contributed by atoms with Crippen LogP contribution in [0.15, 0.2) is 42.7 Å². The fourth-order valence-corrected chi connectivity index (χ4v) is 1.91. The van der Waals surface area contributed by atoms with Gasteiger partial charge >= 0.3 is 0 Å². The van der Waals surface area contributed by atoms with Crippen LogP contribution in [0.25, 0.3) is 0 Å². The van der Waals surface area contributed by atoms with Gasteiger partial charge in [-0.15, -0.1) is 0 Å². The Morgan fingerprint density at radius 1 is 1.25 bits per heavy atom. The largest absolute Gasteiger partial charge is 0.493 e. The summed E-state index contributed by atoms with van der Waals surface area (Å²) in [7, 11) is 1.63. The zero-order chi connectivity index (χ0) is 14.4. The van der Waals surface area contributed by atoms with Gasteiger partial charge in [-0.3, -0.25) is 4.98 Å². The summed E-state index contributed by atoms with van der Waals surface area (Å²) in [6.07, 6.45) is 4.42. The molecule has 0 aliphatic carbocycles. The van der Waals surface area contributed by atoms with Crippen molar-refractivity contribution in [3.8, 4) is 11.5 Å². The van der Waals surface area contributed by atoms with Crippen LogP contribution in [0.4, 0.5) is 0 Å². The Morgan fingerprint density at radius 3 is 2.75 bits per heavy atom. The Bertz CT molecular complexity index is 541. The van der Waals surface area contributed by atoms with Gasteiger partial charge in [-0.05, 0) is 36.2 Å². The molecule has 106 valence electrons. The summed E-state index contributed by atoms with van der Waals surface area (Å²) in [5, 5.41) is 0. The molecule has 1 heterocycles. The molecule has 0 bridgehead atoms. The van der Waals surface area contributed by atoms with E-state index in [9.17, 15) is 0 Å². The van der Waals surface area contributed by atoms with Crippen molar-refractivity contribution < 1.29 is 9.47 Å². The van der Waals surface area contributed by atoms with E-state index in [1.807, 2.05) is 43.5 Å². The number of nitrogens with two attached hydrogens (primary N) is 1. The van der Waals surface area contributed by atoms with Crippen molar-refractivity contribution in [3.05, 3.63) is 53.9 Å². The fraction of sp³-hybridized carbons (Fsp3) is 0.312. The SMILES string of the molecule is COc1cc(C(C)N)ccc1OCCc1cccnc1. The number of aromatic nitrogens is 1. The minimum atomic E-state index is -0.0201. The van der Waals surface area contributed by atoms with Crippen LogP contribution in [0.1, 0.15) is 24.1 Å². The molecule has 20 heavy (non-hydrogen) atoms. The van der Waals surface area contributed by atoms with Gasteiger partial charge in [-0.25, -0.2) is 0 Å². The number of benzene rings is 1. The summed E-state index contributed by atoms with van der Waals surface area (Å²) in [5.41, 5.74) is 8.04. The quantitative estimate of drug-likeness (QED) is 0.878. The fourth-order valence-electron chi connectivity index (χ4n) is 1.91. The lowest BCUT2D eigenvalue weighted by molar-refractivity contribution is 0.297. The van der Waals surface area contributed by atoms with E-state index in [-0.39, 0.29) is 6.04 Å². The summed E-state index contributed by atoms with van der Waals surface area (Å²) in [5.74, 6) is 1.45. The van der Waals surface area contributed by atoms with E-state index in [0.29, 0.717) is 12.4 Å². The third-order valence-electron chi connectivity index (χ3n) is 3.08. The first-order valence-electron chi connectivity index (χ1n) is 6.66. The van der Waals surface area contributed by atoms with Crippen molar-refractivity contribution in [2.75, 3.05) is 13.7 Å². The second-order valence-electron chi connectivity index (χ2n) is 4.66. The number of nitrogens with zero attached hydrogens (tertiary/aromatic N) is 1. The van der Waals surface area contributed by atoms with Gasteiger partial charge in [0.05, 0.1) is 13.7 Å². The lowest BCUT2D eigenvalue weighted by Gasteiger charge is -2.13. The van der Waals surface area contributed by atoms with Crippen LogP contribution in [-0.2, 0) is 6.42 Å². The molecule has 0 saturated carbocycles. The summed E-state index contributed by atoms with van der Waals surface area (Å²) < 4.78 is 11.1. The van der Waals surface area contributed by atoms with Crippen molar-refractivity contribution in [2.45, 2.75) is 19.4 Å². The van der Waals surface area contributed by atoms with E-state index in [4.69, 9.17) is 15.2 Å². The molecular formula is C16H20N2O2. The molecule has 0 aliphatic rings. The van der Waals surface area contributed by atoms with E-state index >= 15 is 0 Å². The zero-order valence-corrected chi connectivity index (χ0v) is 11.9. The Hall–Kier alpha value is -2.07. The molecule has 4 nitrogen and oxygen atoms in total. The van der Waals surface area contributed by atoms with Crippen LogP contribution in [0, 0.1) is 0 Å². The van der Waals surface area contributed by atoms with Crippen LogP contribution in [0.2, 0.25) is 0 Å². The van der Waals surface area contributed by atoms with Crippen molar-refractivity contribution in [2.24, 2.45) is 5.73 Å². The maximum atomic E-state index is 5.86. The first-order valence-corrected chi connectivity index (χ1v) is 6.66. The maximum Gasteiger partial charge on any atom is 0.161 e. The average molecular weight is 272 g/mol. The highest BCUT2D eigenvalue weighted by Crippen LogP contribution is 2.29. The minimum Gasteiger partial charge on any atom is -0.493 e. The van der Waals surface area contributed by atoms with Crippen LogP contribution in [-0.4, -0.2) is 18.7 Å². The molecule has 0 amide bonds. The number of rotatable bonds is 6. The Balaban J connectivity index is 1.99. The topological polar surface area (TPSA) is 57.4 Å². The first-order chi connectivity index (χ1) is 9.70. The smallest absolute Gasteiger partial charge is 0.161 e. The normalized spacial score (nSPS) is 11.9. The molecule has 1 atom stereocenters. The van der Waals surface area contributed by atoms with Crippen LogP contribution in [0.5, 0.6) is 11.5 Å². The standard InChI is InChI=1S/C16H20N2O2/c1-12(17)14-5-6-15(16(10-14)19-2)20-9-7-13-4-3-8-18-11-13/h3-6,8,10-12H,7,9,17H2,1-2H3. The molecule has 2 rings (SSSR count). The molecule has 0 saturated heterocycles. The Kier molecular flexibility index (Phi) is 4.96. The van der Waals surface area contributed by atoms with Gasteiger partial charge in [-0.1, -0.05) is 12.1 Å². The summed E-state index contributed by atoms with van der Waals surface area (Å²) in [4.78, 5) is 4.08. The highest BCUT2D eigenvalue weighted by Gasteiger charge is 2.08. The van der Waals surface area contributed by atoms with Crippen molar-refractivity contribution in [3.63, 3.8) is 0 Å². The molecular weight excluding hydrogens is 252 g/mol. The minimum absolute atomic E-state index is 0.0201. The number of ether oxygens (including phenoxy) is 2. The predicted octanol–water partition coefficient (Wildman–Crippen LogP) is 2.73. The van der Waals surface area contributed by atoms with Gasteiger partial charge < -0.3 is 15.2 Å². The number of methoxy groups -OCH3 is 1. The van der Waals surface area contributed by atoms with Gasteiger partial charge in [0.2, 0.25) is 0 Å². The molecule has 4 heteroatoms. The average Bonchev–Trinajstić information content (AvgIpc) is 2.48. The molecule has 1 unspecified atom stereocenters. The molecule has 0 spiro atoms. The Labute approximate surface area is 119 Å². The second kappa shape index (κ2) is 6.91. The van der Waals surface area contributed by atoms with E-state index in [2.05, 4.69) is 4.98 Å². The van der Waals surface area contributed by atoms with Crippen molar-refractivity contribution in [1.29, 1.82) is 0 Å². The van der Waals surface area contributed by atoms with Crippen LogP contribution < -0.4 is 15.2 Å². The molecule has 0 aliphatic heterocycles. The molecule has 2 N–H and O–H groups in total. The zero-order valence-electron chi connectivity index (χ0n) is 11.9. The maximum absolute atomic E-state index is 5.86. The van der Waals surface area contributed by atoms with E-state index < -0.39 is 0 Å². The van der Waals surface area contributed by atoms with Gasteiger partial charge in [-0.2, -0.15) is 0 Å². The number of hydrogen-bond acceptors (Lipinski definition) is 4. The monoisotopic (exact) mass is 272 g/mol. The summed E-state index contributed by atoms with van der Waals surface area (Å²) >= 11 is 0. The molecule has 2 aromatic rings. The lowest BCUT2D eigenvalue weighted by atomic mass is 10.1. The predicted molar refractivity (Wildman–Crippen MR) is 79.0 cm³/mol. The second-order valence-corrected chi connectivity index (χ2v) is 4.66. The molecule has 0 radical (unpaired) electrons.